The number of fused-ring (bicyclic) bond motifs is 1. The lowest BCUT2D eigenvalue weighted by Gasteiger charge is -2.09. The summed E-state index contributed by atoms with van der Waals surface area (Å²) in [4.78, 5) is 15.3. The molecule has 1 unspecified atom stereocenters. The smallest absolute Gasteiger partial charge is 0.253 e. The Balaban J connectivity index is 1.71. The lowest BCUT2D eigenvalue weighted by molar-refractivity contribution is 0.0955. The van der Waals surface area contributed by atoms with Gasteiger partial charge in [-0.25, -0.2) is 0 Å². The van der Waals surface area contributed by atoms with Crippen LogP contribution in [-0.2, 0) is 0 Å². The Labute approximate surface area is 110 Å². The van der Waals surface area contributed by atoms with Crippen LogP contribution in [0.25, 0.3) is 10.9 Å². The molecule has 94 valence electrons. The Hall–Kier alpha value is -1.42. The van der Waals surface area contributed by atoms with Crippen molar-refractivity contribution in [2.75, 3.05) is 12.3 Å². The molecule has 3 nitrogen and oxygen atoms in total. The molecule has 2 heterocycles. The first-order valence-corrected chi connectivity index (χ1v) is 7.35. The molecule has 1 atom stereocenters. The molecule has 0 aliphatic carbocycles. The van der Waals surface area contributed by atoms with Gasteiger partial charge in [-0.05, 0) is 24.7 Å². The quantitative estimate of drug-likeness (QED) is 0.891. The molecule has 2 N–H and O–H groups in total. The van der Waals surface area contributed by atoms with Gasteiger partial charge in [0.1, 0.15) is 0 Å². The summed E-state index contributed by atoms with van der Waals surface area (Å²) in [5.74, 6) is 1.26. The van der Waals surface area contributed by atoms with Gasteiger partial charge in [0, 0.05) is 28.9 Å². The number of nitrogens with one attached hydrogen (secondary N) is 2. The van der Waals surface area contributed by atoms with Crippen molar-refractivity contribution < 1.29 is 4.79 Å². The average Bonchev–Trinajstić information content (AvgIpc) is 3.05. The number of carbonyl (C=O) groups excluding carboxylic acids is 1. The van der Waals surface area contributed by atoms with Gasteiger partial charge < -0.3 is 10.3 Å². The molecule has 1 aliphatic rings. The standard InChI is InChI=1S/C14H16N2OS/c17-14(16-8-10-4-3-7-18-10)12-9-15-13-6-2-1-5-11(12)13/h1-2,5-6,9-10,15H,3-4,7-8H2,(H,16,17). The lowest BCUT2D eigenvalue weighted by atomic mass is 10.1. The number of hydrogen-bond acceptors (Lipinski definition) is 2. The Bertz CT molecular complexity index is 558. The number of carbonyl (C=O) groups is 1. The summed E-state index contributed by atoms with van der Waals surface area (Å²) < 4.78 is 0. The van der Waals surface area contributed by atoms with Crippen molar-refractivity contribution in [1.29, 1.82) is 0 Å². The third kappa shape index (κ3) is 2.25. The zero-order valence-electron chi connectivity index (χ0n) is 10.1. The van der Waals surface area contributed by atoms with E-state index in [0.29, 0.717) is 5.25 Å². The van der Waals surface area contributed by atoms with Crippen molar-refractivity contribution in [1.82, 2.24) is 10.3 Å². The highest BCUT2D eigenvalue weighted by molar-refractivity contribution is 8.00. The Morgan fingerprint density at radius 1 is 1.44 bits per heavy atom. The van der Waals surface area contributed by atoms with E-state index in [0.717, 1.165) is 23.0 Å². The Kier molecular flexibility index (Phi) is 3.28. The van der Waals surface area contributed by atoms with E-state index in [9.17, 15) is 4.79 Å². The van der Waals surface area contributed by atoms with Crippen molar-refractivity contribution in [3.05, 3.63) is 36.0 Å². The predicted molar refractivity (Wildman–Crippen MR) is 76.1 cm³/mol. The van der Waals surface area contributed by atoms with Crippen LogP contribution in [0.4, 0.5) is 0 Å². The van der Waals surface area contributed by atoms with Crippen LogP contribution in [0.2, 0.25) is 0 Å². The summed E-state index contributed by atoms with van der Waals surface area (Å²) in [5, 5.41) is 4.63. The molecule has 0 spiro atoms. The molecule has 2 aromatic rings. The summed E-state index contributed by atoms with van der Waals surface area (Å²) >= 11 is 1.96. The van der Waals surface area contributed by atoms with Gasteiger partial charge in [-0.15, -0.1) is 0 Å². The minimum Gasteiger partial charge on any atom is -0.360 e. The summed E-state index contributed by atoms with van der Waals surface area (Å²) in [6.45, 7) is 0.781. The van der Waals surface area contributed by atoms with Gasteiger partial charge >= 0.3 is 0 Å². The molecule has 1 saturated heterocycles. The van der Waals surface area contributed by atoms with Gasteiger partial charge in [0.2, 0.25) is 0 Å². The summed E-state index contributed by atoms with van der Waals surface area (Å²) in [6.07, 6.45) is 4.29. The second kappa shape index (κ2) is 5.06. The minimum absolute atomic E-state index is 0.0277. The van der Waals surface area contributed by atoms with Gasteiger partial charge in [0.05, 0.1) is 5.56 Å². The van der Waals surface area contributed by atoms with E-state index in [1.807, 2.05) is 36.0 Å². The van der Waals surface area contributed by atoms with Crippen LogP contribution in [0.15, 0.2) is 30.5 Å². The molecule has 0 radical (unpaired) electrons. The van der Waals surface area contributed by atoms with Crippen LogP contribution in [0, 0.1) is 0 Å². The van der Waals surface area contributed by atoms with Crippen molar-refractivity contribution >= 4 is 28.6 Å². The van der Waals surface area contributed by atoms with Crippen molar-refractivity contribution in [3.63, 3.8) is 0 Å². The predicted octanol–water partition coefficient (Wildman–Crippen LogP) is 2.79. The van der Waals surface area contributed by atoms with E-state index in [2.05, 4.69) is 10.3 Å². The van der Waals surface area contributed by atoms with Crippen LogP contribution < -0.4 is 5.32 Å². The van der Waals surface area contributed by atoms with Crippen molar-refractivity contribution in [2.24, 2.45) is 0 Å². The molecule has 0 bridgehead atoms. The fourth-order valence-corrected chi connectivity index (χ4v) is 3.57. The summed E-state index contributed by atoms with van der Waals surface area (Å²) in [5.41, 5.74) is 1.76. The van der Waals surface area contributed by atoms with Gasteiger partial charge in [-0.3, -0.25) is 4.79 Å². The number of benzene rings is 1. The largest absolute Gasteiger partial charge is 0.360 e. The number of H-pyrrole nitrogens is 1. The maximum atomic E-state index is 12.1. The SMILES string of the molecule is O=C(NCC1CCCS1)c1c[nH]c2ccccc12. The van der Waals surface area contributed by atoms with Crippen molar-refractivity contribution in [2.45, 2.75) is 18.1 Å². The molecule has 18 heavy (non-hydrogen) atoms. The monoisotopic (exact) mass is 260 g/mol. The van der Waals surface area contributed by atoms with E-state index in [1.54, 1.807) is 6.20 Å². The molecule has 0 saturated carbocycles. The maximum absolute atomic E-state index is 12.1. The average molecular weight is 260 g/mol. The fraction of sp³-hybridized carbons (Fsp3) is 0.357. The van der Waals surface area contributed by atoms with Crippen LogP contribution in [0.5, 0.6) is 0 Å². The zero-order chi connectivity index (χ0) is 12.4. The second-order valence-electron chi connectivity index (χ2n) is 4.59. The highest BCUT2D eigenvalue weighted by Crippen LogP contribution is 2.25. The van der Waals surface area contributed by atoms with E-state index < -0.39 is 0 Å². The third-order valence-electron chi connectivity index (χ3n) is 3.35. The molecule has 4 heteroatoms. The highest BCUT2D eigenvalue weighted by atomic mass is 32.2. The number of thioether (sulfide) groups is 1. The third-order valence-corrected chi connectivity index (χ3v) is 4.75. The summed E-state index contributed by atoms with van der Waals surface area (Å²) in [7, 11) is 0. The Morgan fingerprint density at radius 2 is 2.33 bits per heavy atom. The first-order valence-electron chi connectivity index (χ1n) is 6.30. The van der Waals surface area contributed by atoms with Gasteiger partial charge in [0.15, 0.2) is 0 Å². The Morgan fingerprint density at radius 3 is 3.17 bits per heavy atom. The van der Waals surface area contributed by atoms with Gasteiger partial charge in [-0.2, -0.15) is 11.8 Å². The number of para-hydroxylation sites is 1. The van der Waals surface area contributed by atoms with Gasteiger partial charge in [-0.1, -0.05) is 18.2 Å². The summed E-state index contributed by atoms with van der Waals surface area (Å²) in [6, 6.07) is 7.89. The minimum atomic E-state index is 0.0277. The molecular formula is C14H16N2OS. The van der Waals surface area contributed by atoms with Crippen molar-refractivity contribution in [3.8, 4) is 0 Å². The van der Waals surface area contributed by atoms with Crippen LogP contribution in [-0.4, -0.2) is 28.4 Å². The zero-order valence-corrected chi connectivity index (χ0v) is 10.9. The highest BCUT2D eigenvalue weighted by Gasteiger charge is 2.17. The van der Waals surface area contributed by atoms with Crippen LogP contribution >= 0.6 is 11.8 Å². The number of rotatable bonds is 3. The molecule has 1 aromatic heterocycles. The first kappa shape index (κ1) is 11.7. The molecular weight excluding hydrogens is 244 g/mol. The topological polar surface area (TPSA) is 44.9 Å². The van der Waals surface area contributed by atoms with Crippen LogP contribution in [0.3, 0.4) is 0 Å². The van der Waals surface area contributed by atoms with E-state index in [-0.39, 0.29) is 5.91 Å². The van der Waals surface area contributed by atoms with Crippen LogP contribution in [0.1, 0.15) is 23.2 Å². The molecule has 1 amide bonds. The van der Waals surface area contributed by atoms with Gasteiger partial charge in [0.25, 0.3) is 5.91 Å². The number of hydrogen-bond donors (Lipinski definition) is 2. The first-order chi connectivity index (χ1) is 8.84. The fourth-order valence-electron chi connectivity index (χ4n) is 2.37. The lowest BCUT2D eigenvalue weighted by Crippen LogP contribution is -2.29. The molecule has 1 aromatic carbocycles. The van der Waals surface area contributed by atoms with E-state index in [1.165, 1.54) is 18.6 Å². The maximum Gasteiger partial charge on any atom is 0.253 e. The second-order valence-corrected chi connectivity index (χ2v) is 6.00. The molecule has 1 fully saturated rings. The number of aromatic nitrogens is 1. The van der Waals surface area contributed by atoms with E-state index >= 15 is 0 Å². The number of aromatic amines is 1. The normalized spacial score (nSPS) is 19.2. The molecule has 1 aliphatic heterocycles. The van der Waals surface area contributed by atoms with E-state index in [4.69, 9.17) is 0 Å². The molecule has 3 rings (SSSR count). The number of amides is 1.